The highest BCUT2D eigenvalue weighted by molar-refractivity contribution is 9.10. The van der Waals surface area contributed by atoms with Gasteiger partial charge < -0.3 is 0 Å². The third-order valence-electron chi connectivity index (χ3n) is 3.89. The molecule has 0 bridgehead atoms. The van der Waals surface area contributed by atoms with Gasteiger partial charge in [0, 0.05) is 15.6 Å². The molecular weight excluding hydrogens is 341 g/mol. The minimum atomic E-state index is -0.217. The van der Waals surface area contributed by atoms with Crippen molar-refractivity contribution in [3.05, 3.63) is 64.0 Å². The molecule has 22 heavy (non-hydrogen) atoms. The van der Waals surface area contributed by atoms with E-state index in [9.17, 15) is 4.39 Å². The summed E-state index contributed by atoms with van der Waals surface area (Å²) < 4.78 is 14.3. The molecule has 0 aliphatic heterocycles. The van der Waals surface area contributed by atoms with Crippen LogP contribution in [0.5, 0.6) is 0 Å². The Balaban J connectivity index is 2.44. The van der Waals surface area contributed by atoms with Gasteiger partial charge in [0.05, 0.1) is 5.52 Å². The molecule has 0 spiro atoms. The van der Waals surface area contributed by atoms with E-state index in [0.29, 0.717) is 5.92 Å². The van der Waals surface area contributed by atoms with E-state index in [2.05, 4.69) is 35.8 Å². The Morgan fingerprint density at radius 1 is 1.05 bits per heavy atom. The first-order valence-electron chi connectivity index (χ1n) is 7.33. The quantitative estimate of drug-likeness (QED) is 0.529. The molecule has 0 fully saturated rings. The van der Waals surface area contributed by atoms with Crippen molar-refractivity contribution in [2.24, 2.45) is 0 Å². The summed E-state index contributed by atoms with van der Waals surface area (Å²) in [4.78, 5) is 4.75. The molecule has 0 N–H and O–H groups in total. The Kier molecular flexibility index (Phi) is 4.00. The first kappa shape index (κ1) is 15.2. The summed E-state index contributed by atoms with van der Waals surface area (Å²) in [6.07, 6.45) is 0. The van der Waals surface area contributed by atoms with Crippen molar-refractivity contribution in [1.29, 1.82) is 0 Å². The molecular formula is C19H17BrFN. The molecule has 0 unspecified atom stereocenters. The van der Waals surface area contributed by atoms with Crippen LogP contribution in [0.4, 0.5) is 4.39 Å². The Morgan fingerprint density at radius 2 is 1.73 bits per heavy atom. The van der Waals surface area contributed by atoms with Crippen molar-refractivity contribution in [1.82, 2.24) is 4.98 Å². The molecule has 0 radical (unpaired) electrons. The Morgan fingerprint density at radius 3 is 2.36 bits per heavy atom. The van der Waals surface area contributed by atoms with Gasteiger partial charge in [-0.3, -0.25) is 4.98 Å². The second kappa shape index (κ2) is 5.81. The molecule has 3 aromatic rings. The van der Waals surface area contributed by atoms with Crippen LogP contribution in [0.2, 0.25) is 0 Å². The van der Waals surface area contributed by atoms with Gasteiger partial charge >= 0.3 is 0 Å². The molecule has 1 nitrogen and oxygen atoms in total. The lowest BCUT2D eigenvalue weighted by molar-refractivity contribution is 0.628. The molecule has 0 saturated carbocycles. The summed E-state index contributed by atoms with van der Waals surface area (Å²) in [5.41, 5.74) is 5.39. The van der Waals surface area contributed by atoms with Crippen molar-refractivity contribution >= 4 is 26.8 Å². The normalized spacial score (nSPS) is 11.4. The van der Waals surface area contributed by atoms with E-state index in [-0.39, 0.29) is 5.82 Å². The number of hydrogen-bond acceptors (Lipinski definition) is 1. The SMILES string of the molecule is Cc1nc2ccc(Br)cc2c(-c2ccc(F)cc2)c1C(C)C. The van der Waals surface area contributed by atoms with E-state index < -0.39 is 0 Å². The van der Waals surface area contributed by atoms with Crippen LogP contribution < -0.4 is 0 Å². The van der Waals surface area contributed by atoms with Crippen LogP contribution in [0.1, 0.15) is 31.0 Å². The van der Waals surface area contributed by atoms with Gasteiger partial charge in [-0.15, -0.1) is 0 Å². The van der Waals surface area contributed by atoms with Gasteiger partial charge in [-0.05, 0) is 59.9 Å². The van der Waals surface area contributed by atoms with Gasteiger partial charge in [0.1, 0.15) is 5.82 Å². The smallest absolute Gasteiger partial charge is 0.123 e. The predicted molar refractivity (Wildman–Crippen MR) is 93.7 cm³/mol. The van der Waals surface area contributed by atoms with Gasteiger partial charge in [0.25, 0.3) is 0 Å². The Bertz CT molecular complexity index is 838. The predicted octanol–water partition coefficient (Wildman–Crippen LogP) is 6.24. The first-order valence-corrected chi connectivity index (χ1v) is 8.12. The summed E-state index contributed by atoms with van der Waals surface area (Å²) in [5.74, 6) is 0.127. The third-order valence-corrected chi connectivity index (χ3v) is 4.38. The van der Waals surface area contributed by atoms with Crippen LogP contribution in [-0.2, 0) is 0 Å². The molecule has 3 rings (SSSR count). The lowest BCUT2D eigenvalue weighted by Crippen LogP contribution is -2.01. The van der Waals surface area contributed by atoms with Gasteiger partial charge in [-0.1, -0.05) is 41.9 Å². The van der Waals surface area contributed by atoms with Crippen molar-refractivity contribution < 1.29 is 4.39 Å². The third kappa shape index (κ3) is 2.66. The van der Waals surface area contributed by atoms with E-state index in [0.717, 1.165) is 32.2 Å². The highest BCUT2D eigenvalue weighted by Crippen LogP contribution is 2.37. The standard InChI is InChI=1S/C19H17BrFN/c1-11(2)18-12(3)22-17-9-6-14(20)10-16(17)19(18)13-4-7-15(21)8-5-13/h4-11H,1-3H3. The molecule has 0 atom stereocenters. The maximum absolute atomic E-state index is 13.3. The molecule has 0 aliphatic carbocycles. The fraction of sp³-hybridized carbons (Fsp3) is 0.211. The number of halogens is 2. The molecule has 2 aromatic carbocycles. The molecule has 0 aliphatic rings. The zero-order valence-corrected chi connectivity index (χ0v) is 14.4. The number of aromatic nitrogens is 1. The number of aryl methyl sites for hydroxylation is 1. The van der Waals surface area contributed by atoms with Crippen LogP contribution in [-0.4, -0.2) is 4.98 Å². The molecule has 1 heterocycles. The van der Waals surface area contributed by atoms with E-state index >= 15 is 0 Å². The second-order valence-corrected chi connectivity index (χ2v) is 6.72. The minimum absolute atomic E-state index is 0.217. The van der Waals surface area contributed by atoms with Crippen LogP contribution in [0, 0.1) is 12.7 Å². The summed E-state index contributed by atoms with van der Waals surface area (Å²) in [6, 6.07) is 12.8. The second-order valence-electron chi connectivity index (χ2n) is 5.81. The summed E-state index contributed by atoms with van der Waals surface area (Å²) in [7, 11) is 0. The fourth-order valence-corrected chi connectivity index (χ4v) is 3.37. The fourth-order valence-electron chi connectivity index (χ4n) is 3.01. The monoisotopic (exact) mass is 357 g/mol. The highest BCUT2D eigenvalue weighted by Gasteiger charge is 2.17. The number of hydrogen-bond donors (Lipinski definition) is 0. The highest BCUT2D eigenvalue weighted by atomic mass is 79.9. The molecule has 0 saturated heterocycles. The van der Waals surface area contributed by atoms with E-state index in [1.807, 2.05) is 31.2 Å². The zero-order valence-electron chi connectivity index (χ0n) is 12.8. The summed E-state index contributed by atoms with van der Waals surface area (Å²) >= 11 is 3.54. The maximum Gasteiger partial charge on any atom is 0.123 e. The molecule has 0 amide bonds. The number of pyridine rings is 1. The summed E-state index contributed by atoms with van der Waals surface area (Å²) in [6.45, 7) is 6.38. The van der Waals surface area contributed by atoms with Crippen LogP contribution >= 0.6 is 15.9 Å². The topological polar surface area (TPSA) is 12.9 Å². The molecule has 1 aromatic heterocycles. The Labute approximate surface area is 138 Å². The molecule has 3 heteroatoms. The van der Waals surface area contributed by atoms with E-state index in [1.165, 1.54) is 17.7 Å². The van der Waals surface area contributed by atoms with E-state index in [4.69, 9.17) is 4.98 Å². The van der Waals surface area contributed by atoms with Crippen molar-refractivity contribution in [3.8, 4) is 11.1 Å². The lowest BCUT2D eigenvalue weighted by atomic mass is 9.88. The van der Waals surface area contributed by atoms with Crippen LogP contribution in [0.3, 0.4) is 0 Å². The molecule has 112 valence electrons. The van der Waals surface area contributed by atoms with Crippen LogP contribution in [0.15, 0.2) is 46.9 Å². The summed E-state index contributed by atoms with van der Waals surface area (Å²) in [5, 5.41) is 1.09. The number of nitrogens with zero attached hydrogens (tertiary/aromatic N) is 1. The van der Waals surface area contributed by atoms with Gasteiger partial charge in [0.2, 0.25) is 0 Å². The average molecular weight is 358 g/mol. The zero-order chi connectivity index (χ0) is 15.9. The first-order chi connectivity index (χ1) is 10.5. The largest absolute Gasteiger partial charge is 0.253 e. The van der Waals surface area contributed by atoms with Crippen LogP contribution in [0.25, 0.3) is 22.0 Å². The van der Waals surface area contributed by atoms with Crippen molar-refractivity contribution in [2.75, 3.05) is 0 Å². The number of benzene rings is 2. The van der Waals surface area contributed by atoms with Gasteiger partial charge in [-0.2, -0.15) is 0 Å². The van der Waals surface area contributed by atoms with Crippen molar-refractivity contribution in [3.63, 3.8) is 0 Å². The number of rotatable bonds is 2. The van der Waals surface area contributed by atoms with Gasteiger partial charge in [-0.25, -0.2) is 4.39 Å². The van der Waals surface area contributed by atoms with E-state index in [1.54, 1.807) is 0 Å². The number of fused-ring (bicyclic) bond motifs is 1. The minimum Gasteiger partial charge on any atom is -0.253 e. The average Bonchev–Trinajstić information content (AvgIpc) is 2.47. The maximum atomic E-state index is 13.3. The lowest BCUT2D eigenvalue weighted by Gasteiger charge is -2.18. The van der Waals surface area contributed by atoms with Crippen molar-refractivity contribution in [2.45, 2.75) is 26.7 Å². The Hall–Kier alpha value is -1.74. The van der Waals surface area contributed by atoms with Gasteiger partial charge in [0.15, 0.2) is 0 Å².